The third-order valence-electron chi connectivity index (χ3n) is 5.09. The number of nitrogens with zero attached hydrogens (tertiary/aromatic N) is 1. The quantitative estimate of drug-likeness (QED) is 0.543. The summed E-state index contributed by atoms with van der Waals surface area (Å²) in [4.78, 5) is 4.84. The van der Waals surface area contributed by atoms with Crippen LogP contribution in [0.5, 0.6) is 11.5 Å². The van der Waals surface area contributed by atoms with Crippen molar-refractivity contribution in [3.63, 3.8) is 0 Å². The van der Waals surface area contributed by atoms with E-state index in [4.69, 9.17) is 21.3 Å². The van der Waals surface area contributed by atoms with Gasteiger partial charge >= 0.3 is 0 Å². The van der Waals surface area contributed by atoms with Crippen LogP contribution in [0.2, 0.25) is 5.02 Å². The third kappa shape index (κ3) is 4.32. The zero-order chi connectivity index (χ0) is 21.1. The Morgan fingerprint density at radius 3 is 2.63 bits per heavy atom. The maximum absolute atomic E-state index is 13.9. The van der Waals surface area contributed by atoms with Crippen LogP contribution in [0, 0.1) is 5.82 Å². The van der Waals surface area contributed by atoms with Crippen molar-refractivity contribution in [1.29, 1.82) is 0 Å². The number of phenols is 1. The summed E-state index contributed by atoms with van der Waals surface area (Å²) in [5.41, 5.74) is 3.22. The van der Waals surface area contributed by atoms with Crippen LogP contribution < -0.4 is 10.1 Å². The highest BCUT2D eigenvalue weighted by Crippen LogP contribution is 2.39. The van der Waals surface area contributed by atoms with E-state index in [-0.39, 0.29) is 17.6 Å². The van der Waals surface area contributed by atoms with E-state index in [2.05, 4.69) is 5.32 Å². The zero-order valence-corrected chi connectivity index (χ0v) is 17.2. The summed E-state index contributed by atoms with van der Waals surface area (Å²) in [5, 5.41) is 14.9. The number of hydrogen-bond donors (Lipinski definition) is 2. The van der Waals surface area contributed by atoms with Crippen molar-refractivity contribution in [3.8, 4) is 11.5 Å². The average molecular weight is 425 g/mol. The summed E-state index contributed by atoms with van der Waals surface area (Å²) < 4.78 is 19.4. The minimum Gasteiger partial charge on any atom is -0.504 e. The second kappa shape index (κ2) is 8.86. The molecule has 0 aliphatic carbocycles. The normalized spacial score (nSPS) is 18.7. The van der Waals surface area contributed by atoms with Gasteiger partial charge < -0.3 is 9.84 Å². The molecule has 4 nitrogen and oxygen atoms in total. The van der Waals surface area contributed by atoms with E-state index in [0.29, 0.717) is 34.9 Å². The molecule has 4 rings (SSSR count). The second-order valence-corrected chi connectivity index (χ2v) is 7.53. The molecular formula is C24H22ClFN2O2. The van der Waals surface area contributed by atoms with E-state index in [0.717, 1.165) is 11.3 Å². The Morgan fingerprint density at radius 1 is 1.13 bits per heavy atom. The van der Waals surface area contributed by atoms with Crippen molar-refractivity contribution in [2.45, 2.75) is 25.6 Å². The van der Waals surface area contributed by atoms with Crippen molar-refractivity contribution in [1.82, 2.24) is 5.32 Å². The maximum atomic E-state index is 13.9. The van der Waals surface area contributed by atoms with Gasteiger partial charge in [-0.2, -0.15) is 0 Å². The lowest BCUT2D eigenvalue weighted by Gasteiger charge is -2.31. The van der Waals surface area contributed by atoms with Crippen LogP contribution in [0.4, 0.5) is 4.39 Å². The number of ether oxygens (including phenoxy) is 1. The number of benzene rings is 3. The van der Waals surface area contributed by atoms with E-state index in [9.17, 15) is 9.50 Å². The van der Waals surface area contributed by atoms with Crippen molar-refractivity contribution < 1.29 is 14.2 Å². The molecule has 0 aromatic heterocycles. The van der Waals surface area contributed by atoms with E-state index < -0.39 is 6.17 Å². The molecular weight excluding hydrogens is 403 g/mol. The SMILES string of the molecule is CCOc1cccc([C@@H]2CC(c3ccc(Cl)cc3)=N[C@H](c3cccc(F)c3)N2)c1O. The van der Waals surface area contributed by atoms with Crippen LogP contribution in [0.25, 0.3) is 0 Å². The Bertz CT molecular complexity index is 1070. The minimum absolute atomic E-state index is 0.104. The number of rotatable bonds is 5. The number of para-hydroxylation sites is 1. The van der Waals surface area contributed by atoms with Crippen molar-refractivity contribution in [2.24, 2.45) is 4.99 Å². The lowest BCUT2D eigenvalue weighted by atomic mass is 9.93. The standard InChI is InChI=1S/C24H22ClFN2O2/c1-2-30-22-8-4-7-19(23(22)29)21-14-20(15-9-11-17(25)12-10-15)27-24(28-21)16-5-3-6-18(26)13-16/h3-13,21,24,28-29H,2,14H2,1H3/t21-,24-/m0/s1. The summed E-state index contributed by atoms with van der Waals surface area (Å²) in [5.74, 6) is 0.225. The fraction of sp³-hybridized carbons (Fsp3) is 0.208. The topological polar surface area (TPSA) is 53.8 Å². The van der Waals surface area contributed by atoms with Gasteiger partial charge in [-0.05, 0) is 48.4 Å². The van der Waals surface area contributed by atoms with Gasteiger partial charge in [0.1, 0.15) is 12.0 Å². The smallest absolute Gasteiger partial charge is 0.162 e. The summed E-state index contributed by atoms with van der Waals surface area (Å²) in [6.45, 7) is 2.33. The predicted octanol–water partition coefficient (Wildman–Crippen LogP) is 5.81. The molecule has 3 aromatic rings. The molecule has 1 aliphatic heterocycles. The van der Waals surface area contributed by atoms with Crippen LogP contribution in [-0.2, 0) is 0 Å². The summed E-state index contributed by atoms with van der Waals surface area (Å²) in [7, 11) is 0. The van der Waals surface area contributed by atoms with Gasteiger partial charge in [0, 0.05) is 28.8 Å². The third-order valence-corrected chi connectivity index (χ3v) is 5.34. The first-order valence-corrected chi connectivity index (χ1v) is 10.2. The Balaban J connectivity index is 1.75. The average Bonchev–Trinajstić information content (AvgIpc) is 2.75. The second-order valence-electron chi connectivity index (χ2n) is 7.09. The van der Waals surface area contributed by atoms with Gasteiger partial charge in [0.15, 0.2) is 11.5 Å². The molecule has 3 aromatic carbocycles. The molecule has 0 unspecified atom stereocenters. The summed E-state index contributed by atoms with van der Waals surface area (Å²) in [6.07, 6.45) is 0.0941. The van der Waals surface area contributed by atoms with Crippen LogP contribution in [-0.4, -0.2) is 17.4 Å². The molecule has 30 heavy (non-hydrogen) atoms. The summed E-state index contributed by atoms with van der Waals surface area (Å²) in [6, 6.07) is 19.1. The highest BCUT2D eigenvalue weighted by Gasteiger charge is 2.28. The fourth-order valence-electron chi connectivity index (χ4n) is 3.66. The molecule has 0 saturated carbocycles. The van der Waals surface area contributed by atoms with E-state index in [1.807, 2.05) is 49.4 Å². The number of halogens is 2. The number of aliphatic imine (C=N–C) groups is 1. The molecule has 0 radical (unpaired) electrons. The van der Waals surface area contributed by atoms with E-state index in [1.165, 1.54) is 12.1 Å². The van der Waals surface area contributed by atoms with E-state index >= 15 is 0 Å². The van der Waals surface area contributed by atoms with Crippen LogP contribution >= 0.6 is 11.6 Å². The Hall–Kier alpha value is -2.89. The fourth-order valence-corrected chi connectivity index (χ4v) is 3.79. The molecule has 0 amide bonds. The predicted molar refractivity (Wildman–Crippen MR) is 117 cm³/mol. The first kappa shape index (κ1) is 20.4. The molecule has 0 saturated heterocycles. The Kier molecular flexibility index (Phi) is 6.02. The largest absolute Gasteiger partial charge is 0.504 e. The van der Waals surface area contributed by atoms with Gasteiger partial charge in [-0.1, -0.05) is 48.0 Å². The lowest BCUT2D eigenvalue weighted by Crippen LogP contribution is -2.33. The van der Waals surface area contributed by atoms with Crippen molar-refractivity contribution >= 4 is 17.3 Å². The molecule has 1 aliphatic rings. The van der Waals surface area contributed by atoms with E-state index in [1.54, 1.807) is 12.1 Å². The van der Waals surface area contributed by atoms with Crippen LogP contribution in [0.15, 0.2) is 71.7 Å². The number of aromatic hydroxyl groups is 1. The van der Waals surface area contributed by atoms with Gasteiger partial charge in [-0.25, -0.2) is 4.39 Å². The molecule has 1 heterocycles. The lowest BCUT2D eigenvalue weighted by molar-refractivity contribution is 0.313. The molecule has 2 N–H and O–H groups in total. The molecule has 2 atom stereocenters. The van der Waals surface area contributed by atoms with Gasteiger partial charge in [0.2, 0.25) is 0 Å². The number of phenolic OH excluding ortho intramolecular Hbond substituents is 1. The first-order valence-electron chi connectivity index (χ1n) is 9.84. The highest BCUT2D eigenvalue weighted by atomic mass is 35.5. The molecule has 0 fully saturated rings. The molecule has 0 bridgehead atoms. The van der Waals surface area contributed by atoms with Crippen molar-refractivity contribution in [3.05, 3.63) is 94.3 Å². The number of nitrogens with one attached hydrogen (secondary N) is 1. The van der Waals surface area contributed by atoms with Gasteiger partial charge in [-0.3, -0.25) is 10.3 Å². The summed E-state index contributed by atoms with van der Waals surface area (Å²) >= 11 is 6.04. The minimum atomic E-state index is -0.458. The Labute approximate surface area is 180 Å². The maximum Gasteiger partial charge on any atom is 0.162 e. The highest BCUT2D eigenvalue weighted by molar-refractivity contribution is 6.30. The van der Waals surface area contributed by atoms with Crippen molar-refractivity contribution in [2.75, 3.05) is 6.61 Å². The Morgan fingerprint density at radius 2 is 1.90 bits per heavy atom. The zero-order valence-electron chi connectivity index (χ0n) is 16.5. The molecule has 154 valence electrons. The monoisotopic (exact) mass is 424 g/mol. The van der Waals surface area contributed by atoms with Gasteiger partial charge in [-0.15, -0.1) is 0 Å². The van der Waals surface area contributed by atoms with Crippen LogP contribution in [0.1, 0.15) is 42.2 Å². The first-order chi connectivity index (χ1) is 14.5. The van der Waals surface area contributed by atoms with Gasteiger partial charge in [0.25, 0.3) is 0 Å². The van der Waals surface area contributed by atoms with Gasteiger partial charge in [0.05, 0.1) is 6.61 Å². The van der Waals surface area contributed by atoms with Crippen LogP contribution in [0.3, 0.4) is 0 Å². The molecule has 6 heteroatoms. The number of hydrogen-bond acceptors (Lipinski definition) is 4. The molecule has 0 spiro atoms.